The summed E-state index contributed by atoms with van der Waals surface area (Å²) in [5.41, 5.74) is 13.9. The Kier molecular flexibility index (Phi) is 6.03. The third kappa shape index (κ3) is 3.63. The van der Waals surface area contributed by atoms with Crippen LogP contribution in [0.4, 0.5) is 11.4 Å². The van der Waals surface area contributed by atoms with Gasteiger partial charge in [-0.1, -0.05) is 32.0 Å². The first-order chi connectivity index (χ1) is 13.1. The molecule has 0 unspecified atom stereocenters. The number of fused-ring (bicyclic) bond motifs is 2. The molecule has 5 heteroatoms. The normalized spacial score (nSPS) is 11.8. The van der Waals surface area contributed by atoms with Gasteiger partial charge in [-0.15, -0.1) is 0 Å². The van der Waals surface area contributed by atoms with Crippen molar-refractivity contribution in [1.29, 1.82) is 0 Å². The summed E-state index contributed by atoms with van der Waals surface area (Å²) in [5.74, 6) is 0.711. The maximum atomic E-state index is 6.26. The number of aromatic nitrogens is 1. The van der Waals surface area contributed by atoms with Gasteiger partial charge in [-0.3, -0.25) is 0 Å². The quantitative estimate of drug-likeness (QED) is 0.276. The lowest BCUT2D eigenvalue weighted by Crippen LogP contribution is -3.00. The van der Waals surface area contributed by atoms with Crippen LogP contribution in [0.3, 0.4) is 0 Å². The van der Waals surface area contributed by atoms with Gasteiger partial charge in [0, 0.05) is 17.8 Å². The highest BCUT2D eigenvalue weighted by atomic mass is 127. The number of nitrogen functional groups attached to an aromatic ring is 1. The van der Waals surface area contributed by atoms with Crippen LogP contribution in [-0.4, -0.2) is 4.98 Å². The van der Waals surface area contributed by atoms with E-state index in [9.17, 15) is 0 Å². The lowest BCUT2D eigenvalue weighted by atomic mass is 9.99. The second kappa shape index (κ2) is 8.31. The molecule has 1 aliphatic carbocycles. The number of hydrogen-bond donors (Lipinski definition) is 1. The molecule has 0 bridgehead atoms. The van der Waals surface area contributed by atoms with Crippen molar-refractivity contribution in [2.24, 2.45) is 4.99 Å². The van der Waals surface area contributed by atoms with Crippen LogP contribution in [0, 0.1) is 6.92 Å². The molecule has 0 radical (unpaired) electrons. The van der Waals surface area contributed by atoms with Crippen molar-refractivity contribution >= 4 is 22.5 Å². The smallest absolute Gasteiger partial charge is 0.155 e. The van der Waals surface area contributed by atoms with E-state index in [1.54, 1.807) is 0 Å². The molecule has 0 saturated heterocycles. The summed E-state index contributed by atoms with van der Waals surface area (Å²) in [4.78, 5) is 9.61. The van der Waals surface area contributed by atoms with Crippen LogP contribution in [0.5, 0.6) is 0 Å². The molecule has 2 aromatic carbocycles. The summed E-state index contributed by atoms with van der Waals surface area (Å²) in [5, 5.41) is 0.843. The first-order valence-corrected chi connectivity index (χ1v) is 9.36. The van der Waals surface area contributed by atoms with Crippen LogP contribution in [-0.2, 0) is 12.8 Å². The van der Waals surface area contributed by atoms with Gasteiger partial charge in [0.15, 0.2) is 11.3 Å². The average molecular weight is 484 g/mol. The molecule has 0 amide bonds. The van der Waals surface area contributed by atoms with Gasteiger partial charge in [0.2, 0.25) is 0 Å². The van der Waals surface area contributed by atoms with E-state index < -0.39 is 0 Å². The van der Waals surface area contributed by atoms with Crippen molar-refractivity contribution in [1.82, 2.24) is 4.98 Å². The summed E-state index contributed by atoms with van der Waals surface area (Å²) in [6.07, 6.45) is 1.76. The van der Waals surface area contributed by atoms with Crippen molar-refractivity contribution in [3.05, 3.63) is 70.6 Å². The van der Waals surface area contributed by atoms with Gasteiger partial charge in [0.05, 0.1) is 11.0 Å². The van der Waals surface area contributed by atoms with Gasteiger partial charge >= 0.3 is 0 Å². The zero-order valence-electron chi connectivity index (χ0n) is 16.3. The number of hydrogen-bond acceptors (Lipinski definition) is 4. The van der Waals surface area contributed by atoms with E-state index in [-0.39, 0.29) is 24.0 Å². The van der Waals surface area contributed by atoms with Gasteiger partial charge in [-0.05, 0) is 54.7 Å². The maximum absolute atomic E-state index is 6.26. The molecule has 4 rings (SSSR count). The van der Waals surface area contributed by atoms with E-state index in [0.29, 0.717) is 5.76 Å². The van der Waals surface area contributed by atoms with E-state index in [1.807, 2.05) is 42.5 Å². The average Bonchev–Trinajstić information content (AvgIpc) is 2.67. The van der Waals surface area contributed by atoms with Crippen LogP contribution >= 0.6 is 0 Å². The highest BCUT2D eigenvalue weighted by molar-refractivity contribution is 5.85. The molecule has 2 aromatic rings. The lowest BCUT2D eigenvalue weighted by molar-refractivity contribution is -0.00000615. The summed E-state index contributed by atoms with van der Waals surface area (Å²) in [6.45, 7) is 6.30. The number of nitrogens with zero attached hydrogens (tertiary/aromatic N) is 2. The van der Waals surface area contributed by atoms with Crippen LogP contribution in [0.15, 0.2) is 57.9 Å². The van der Waals surface area contributed by atoms with Crippen molar-refractivity contribution < 1.29 is 28.4 Å². The summed E-state index contributed by atoms with van der Waals surface area (Å²) in [7, 11) is 0. The molecule has 144 valence electrons. The Hall–Kier alpha value is -2.41. The van der Waals surface area contributed by atoms with Gasteiger partial charge < -0.3 is 34.1 Å². The van der Waals surface area contributed by atoms with Crippen LogP contribution in [0.1, 0.15) is 30.5 Å². The van der Waals surface area contributed by atoms with Gasteiger partial charge in [-0.2, -0.15) is 0 Å². The fraction of sp³-hybridized carbons (Fsp3) is 0.217. The van der Waals surface area contributed by atoms with Crippen molar-refractivity contribution in [3.8, 4) is 11.5 Å². The van der Waals surface area contributed by atoms with E-state index in [4.69, 9.17) is 20.1 Å². The lowest BCUT2D eigenvalue weighted by Gasteiger charge is -2.14. The molecule has 0 aromatic heterocycles. The molecule has 0 saturated carbocycles. The highest BCUT2D eigenvalue weighted by Gasteiger charge is 2.15. The monoisotopic (exact) mass is 484 g/mol. The third-order valence-electron chi connectivity index (χ3n) is 4.99. The summed E-state index contributed by atoms with van der Waals surface area (Å²) < 4.78 is 6.18. The first-order valence-electron chi connectivity index (χ1n) is 9.36. The molecular formula is C23H23IN3O-. The Balaban J connectivity index is 0.00000225. The molecule has 0 spiro atoms. The molecular weight excluding hydrogens is 461 g/mol. The highest BCUT2D eigenvalue weighted by Crippen LogP contribution is 2.31. The fourth-order valence-electron chi connectivity index (χ4n) is 3.57. The minimum absolute atomic E-state index is 0. The predicted octanol–water partition coefficient (Wildman–Crippen LogP) is 2.18. The van der Waals surface area contributed by atoms with Gasteiger partial charge in [-0.25, -0.2) is 9.98 Å². The Labute approximate surface area is 181 Å². The number of aryl methyl sites for hydroxylation is 2. The van der Waals surface area contributed by atoms with E-state index in [2.05, 4.69) is 26.8 Å². The second-order valence-corrected chi connectivity index (χ2v) is 6.74. The fourth-order valence-corrected chi connectivity index (χ4v) is 3.57. The molecule has 28 heavy (non-hydrogen) atoms. The van der Waals surface area contributed by atoms with Gasteiger partial charge in [0.1, 0.15) is 11.2 Å². The molecule has 4 nitrogen and oxygen atoms in total. The number of anilines is 1. The number of benzene rings is 3. The summed E-state index contributed by atoms with van der Waals surface area (Å²) >= 11 is 0. The van der Waals surface area contributed by atoms with Crippen molar-refractivity contribution in [3.63, 3.8) is 0 Å². The molecule has 0 atom stereocenters. The minimum Gasteiger partial charge on any atom is -1.00 e. The summed E-state index contributed by atoms with van der Waals surface area (Å²) in [6, 6.07) is 15.8. The SMILES string of the molecule is CCc1c(N)cc2oc3cc(=Nc4ccccc4C)ccc-3nc2c1CC.[I-]. The van der Waals surface area contributed by atoms with E-state index in [0.717, 1.165) is 51.9 Å². The number of halogens is 1. The number of nitrogens with two attached hydrogens (primary N) is 1. The number of rotatable bonds is 3. The first kappa shape index (κ1) is 20.3. The minimum atomic E-state index is 0. The van der Waals surface area contributed by atoms with Crippen molar-refractivity contribution in [2.75, 3.05) is 5.73 Å². The maximum Gasteiger partial charge on any atom is 0.155 e. The standard InChI is InChI=1S/C23H23N3O.HI/c1-4-16-17(5-2)23-22(13-18(16)24)27-21-12-15(10-11-20(21)26-23)25-19-9-7-6-8-14(19)3;/h6-13H,4-5,24H2,1-3H3;1H/p-1. The molecule has 1 heterocycles. The van der Waals surface area contributed by atoms with E-state index >= 15 is 0 Å². The predicted molar refractivity (Wildman–Crippen MR) is 110 cm³/mol. The van der Waals surface area contributed by atoms with Crippen LogP contribution in [0.2, 0.25) is 0 Å². The topological polar surface area (TPSA) is 64.4 Å². The Morgan fingerprint density at radius 1 is 1.00 bits per heavy atom. The third-order valence-corrected chi connectivity index (χ3v) is 4.99. The Morgan fingerprint density at radius 3 is 2.46 bits per heavy atom. The Morgan fingerprint density at radius 2 is 1.75 bits per heavy atom. The van der Waals surface area contributed by atoms with E-state index in [1.165, 1.54) is 11.1 Å². The van der Waals surface area contributed by atoms with Crippen LogP contribution in [0.25, 0.3) is 22.6 Å². The molecule has 0 fully saturated rings. The van der Waals surface area contributed by atoms with Crippen molar-refractivity contribution in [2.45, 2.75) is 33.6 Å². The van der Waals surface area contributed by atoms with Crippen LogP contribution < -0.4 is 35.1 Å². The Bertz CT molecular complexity index is 1180. The largest absolute Gasteiger partial charge is 1.00 e. The zero-order valence-corrected chi connectivity index (χ0v) is 18.4. The second-order valence-electron chi connectivity index (χ2n) is 6.74. The molecule has 2 N–H and O–H groups in total. The van der Waals surface area contributed by atoms with Gasteiger partial charge in [0.25, 0.3) is 0 Å². The zero-order chi connectivity index (χ0) is 19.0. The number of para-hydroxylation sites is 1. The molecule has 2 aliphatic rings. The molecule has 1 aliphatic heterocycles.